The van der Waals surface area contributed by atoms with E-state index in [4.69, 9.17) is 4.74 Å². The first kappa shape index (κ1) is 13.6. The van der Waals surface area contributed by atoms with E-state index in [1.807, 2.05) is 39.1 Å². The highest BCUT2D eigenvalue weighted by Gasteiger charge is 2.33. The number of hydrogen-bond donors (Lipinski definition) is 0. The first-order valence-electron chi connectivity index (χ1n) is 6.16. The summed E-state index contributed by atoms with van der Waals surface area (Å²) >= 11 is 3.43. The molecule has 0 radical (unpaired) electrons. The largest absolute Gasteiger partial charge is 0.378 e. The van der Waals surface area contributed by atoms with Crippen molar-refractivity contribution in [2.75, 3.05) is 18.6 Å². The molecule has 1 aliphatic heterocycles. The Morgan fingerprint density at radius 2 is 2.22 bits per heavy atom. The predicted molar refractivity (Wildman–Crippen MR) is 75.8 cm³/mol. The van der Waals surface area contributed by atoms with Gasteiger partial charge in [-0.25, -0.2) is 0 Å². The third-order valence-corrected chi connectivity index (χ3v) is 4.04. The van der Waals surface area contributed by atoms with Crippen LogP contribution in [0.4, 0.5) is 5.69 Å². The van der Waals surface area contributed by atoms with E-state index in [1.54, 1.807) is 4.90 Å². The summed E-state index contributed by atoms with van der Waals surface area (Å²) in [5.74, 6) is 0.128. The molecule has 0 saturated carbocycles. The fourth-order valence-electron chi connectivity index (χ4n) is 2.42. The Kier molecular flexibility index (Phi) is 4.07. The first-order valence-corrected chi connectivity index (χ1v) is 6.95. The van der Waals surface area contributed by atoms with Crippen LogP contribution in [0, 0.1) is 12.8 Å². The molecule has 0 bridgehead atoms. The molecule has 18 heavy (non-hydrogen) atoms. The molecule has 2 rings (SSSR count). The molecule has 1 heterocycles. The average molecular weight is 312 g/mol. The number of aryl methyl sites for hydroxylation is 1. The lowest BCUT2D eigenvalue weighted by Crippen LogP contribution is -2.36. The third-order valence-electron chi connectivity index (χ3n) is 3.54. The summed E-state index contributed by atoms with van der Waals surface area (Å²) in [7, 11) is 1.84. The Bertz CT molecular complexity index is 461. The lowest BCUT2D eigenvalue weighted by molar-refractivity contribution is -0.123. The highest BCUT2D eigenvalue weighted by atomic mass is 79.9. The van der Waals surface area contributed by atoms with Crippen LogP contribution in [-0.4, -0.2) is 25.7 Å². The molecule has 1 aromatic carbocycles. The van der Waals surface area contributed by atoms with Gasteiger partial charge < -0.3 is 9.64 Å². The molecule has 4 heteroatoms. The molecule has 1 aliphatic rings. The number of ether oxygens (including phenoxy) is 1. The van der Waals surface area contributed by atoms with E-state index in [2.05, 4.69) is 15.9 Å². The third kappa shape index (κ3) is 2.59. The van der Waals surface area contributed by atoms with Gasteiger partial charge in [0, 0.05) is 23.8 Å². The zero-order chi connectivity index (χ0) is 13.3. The van der Waals surface area contributed by atoms with Gasteiger partial charge in [-0.1, -0.05) is 15.9 Å². The van der Waals surface area contributed by atoms with Crippen molar-refractivity contribution in [2.24, 2.45) is 5.92 Å². The molecular weight excluding hydrogens is 294 g/mol. The van der Waals surface area contributed by atoms with Gasteiger partial charge in [0.1, 0.15) is 0 Å². The van der Waals surface area contributed by atoms with Crippen molar-refractivity contribution in [3.05, 3.63) is 28.2 Å². The van der Waals surface area contributed by atoms with Crippen LogP contribution in [0.5, 0.6) is 0 Å². The summed E-state index contributed by atoms with van der Waals surface area (Å²) in [4.78, 5) is 14.2. The summed E-state index contributed by atoms with van der Waals surface area (Å²) in [6.07, 6.45) is 0.843. The van der Waals surface area contributed by atoms with E-state index in [0.717, 1.165) is 22.1 Å². The van der Waals surface area contributed by atoms with Gasteiger partial charge in [0.05, 0.1) is 12.0 Å². The van der Waals surface area contributed by atoms with Gasteiger partial charge in [0.15, 0.2) is 0 Å². The van der Waals surface area contributed by atoms with Crippen LogP contribution in [0.1, 0.15) is 18.9 Å². The zero-order valence-electron chi connectivity index (χ0n) is 10.9. The van der Waals surface area contributed by atoms with Gasteiger partial charge in [0.25, 0.3) is 0 Å². The van der Waals surface area contributed by atoms with Crippen molar-refractivity contribution in [1.82, 2.24) is 0 Å². The minimum Gasteiger partial charge on any atom is -0.378 e. The molecule has 1 fully saturated rings. The topological polar surface area (TPSA) is 29.5 Å². The number of anilines is 1. The van der Waals surface area contributed by atoms with Gasteiger partial charge in [-0.05, 0) is 44.0 Å². The molecule has 1 saturated heterocycles. The Morgan fingerprint density at radius 1 is 1.50 bits per heavy atom. The SMILES string of the molecule is Cc1cc(Br)ccc1N(C)C(=O)[C@H]1CCO[C@H]1C. The van der Waals surface area contributed by atoms with Crippen LogP contribution < -0.4 is 4.90 Å². The summed E-state index contributed by atoms with van der Waals surface area (Å²) in [6.45, 7) is 4.67. The van der Waals surface area contributed by atoms with Gasteiger partial charge in [-0.2, -0.15) is 0 Å². The maximum Gasteiger partial charge on any atom is 0.232 e. The van der Waals surface area contributed by atoms with Gasteiger partial charge in [0.2, 0.25) is 5.91 Å². The molecule has 0 unspecified atom stereocenters. The molecule has 0 aliphatic carbocycles. The highest BCUT2D eigenvalue weighted by molar-refractivity contribution is 9.10. The lowest BCUT2D eigenvalue weighted by atomic mass is 10.0. The molecule has 3 nitrogen and oxygen atoms in total. The second-order valence-corrected chi connectivity index (χ2v) is 5.71. The van der Waals surface area contributed by atoms with E-state index in [1.165, 1.54) is 0 Å². The number of nitrogens with zero attached hydrogens (tertiary/aromatic N) is 1. The Balaban J connectivity index is 2.20. The summed E-state index contributed by atoms with van der Waals surface area (Å²) < 4.78 is 6.50. The fourth-order valence-corrected chi connectivity index (χ4v) is 2.89. The average Bonchev–Trinajstić information content (AvgIpc) is 2.74. The van der Waals surface area contributed by atoms with Crippen LogP contribution >= 0.6 is 15.9 Å². The monoisotopic (exact) mass is 311 g/mol. The van der Waals surface area contributed by atoms with Gasteiger partial charge in [-0.15, -0.1) is 0 Å². The van der Waals surface area contributed by atoms with E-state index in [9.17, 15) is 4.79 Å². The highest BCUT2D eigenvalue weighted by Crippen LogP contribution is 2.28. The normalized spacial score (nSPS) is 23.1. The fraction of sp³-hybridized carbons (Fsp3) is 0.500. The van der Waals surface area contributed by atoms with Crippen LogP contribution in [-0.2, 0) is 9.53 Å². The maximum absolute atomic E-state index is 12.4. The van der Waals surface area contributed by atoms with Crippen molar-refractivity contribution in [3.8, 4) is 0 Å². The number of benzene rings is 1. The minimum atomic E-state index is -0.0157. The summed E-state index contributed by atoms with van der Waals surface area (Å²) in [6, 6.07) is 5.95. The van der Waals surface area contributed by atoms with Gasteiger partial charge in [-0.3, -0.25) is 4.79 Å². The van der Waals surface area contributed by atoms with Crippen molar-refractivity contribution >= 4 is 27.5 Å². The Morgan fingerprint density at radius 3 is 2.78 bits per heavy atom. The maximum atomic E-state index is 12.4. The zero-order valence-corrected chi connectivity index (χ0v) is 12.5. The molecular formula is C14H18BrNO2. The Labute approximate surface area is 116 Å². The van der Waals surface area contributed by atoms with E-state index in [-0.39, 0.29) is 17.9 Å². The first-order chi connectivity index (χ1) is 8.50. The van der Waals surface area contributed by atoms with Crippen molar-refractivity contribution in [1.29, 1.82) is 0 Å². The molecule has 0 N–H and O–H groups in total. The number of carbonyl (C=O) groups excluding carboxylic acids is 1. The second-order valence-electron chi connectivity index (χ2n) is 4.80. The van der Waals surface area contributed by atoms with Crippen LogP contribution in [0.2, 0.25) is 0 Å². The smallest absolute Gasteiger partial charge is 0.232 e. The molecule has 1 aromatic rings. The van der Waals surface area contributed by atoms with E-state index < -0.39 is 0 Å². The van der Waals surface area contributed by atoms with E-state index >= 15 is 0 Å². The molecule has 98 valence electrons. The molecule has 0 spiro atoms. The van der Waals surface area contributed by atoms with Gasteiger partial charge >= 0.3 is 0 Å². The number of rotatable bonds is 2. The van der Waals surface area contributed by atoms with Crippen molar-refractivity contribution in [3.63, 3.8) is 0 Å². The quantitative estimate of drug-likeness (QED) is 0.839. The van der Waals surface area contributed by atoms with Crippen molar-refractivity contribution in [2.45, 2.75) is 26.4 Å². The lowest BCUT2D eigenvalue weighted by Gasteiger charge is -2.24. The minimum absolute atomic E-state index is 0.0157. The van der Waals surface area contributed by atoms with Crippen LogP contribution in [0.3, 0.4) is 0 Å². The summed E-state index contributed by atoms with van der Waals surface area (Å²) in [5.41, 5.74) is 2.05. The Hall–Kier alpha value is -0.870. The number of amides is 1. The molecule has 0 aromatic heterocycles. The van der Waals surface area contributed by atoms with Crippen molar-refractivity contribution < 1.29 is 9.53 Å². The summed E-state index contributed by atoms with van der Waals surface area (Å²) in [5, 5.41) is 0. The number of carbonyl (C=O) groups is 1. The predicted octanol–water partition coefficient (Wildman–Crippen LogP) is 3.15. The second kappa shape index (κ2) is 5.41. The molecule has 2 atom stereocenters. The van der Waals surface area contributed by atoms with Crippen LogP contribution in [0.15, 0.2) is 22.7 Å². The van der Waals surface area contributed by atoms with E-state index in [0.29, 0.717) is 6.61 Å². The molecule has 1 amide bonds. The number of halogens is 1. The van der Waals surface area contributed by atoms with Crippen LogP contribution in [0.25, 0.3) is 0 Å². The standard InChI is InChI=1S/C14H18BrNO2/c1-9-8-11(15)4-5-13(9)16(3)14(17)12-6-7-18-10(12)2/h4-5,8,10,12H,6-7H2,1-3H3/t10-,12-/m0/s1. The number of hydrogen-bond acceptors (Lipinski definition) is 2.